The number of anilines is 1. The van der Waals surface area contributed by atoms with E-state index in [1.54, 1.807) is 4.90 Å². The molecule has 0 bridgehead atoms. The van der Waals surface area contributed by atoms with Gasteiger partial charge in [-0.25, -0.2) is 9.78 Å². The molecule has 2 aliphatic rings. The number of aromatic amines is 1. The van der Waals surface area contributed by atoms with Gasteiger partial charge in [0.25, 0.3) is 0 Å². The fraction of sp³-hybridized carbons (Fsp3) is 0.565. The number of benzene rings is 1. The third-order valence-electron chi connectivity index (χ3n) is 5.61. The average Bonchev–Trinajstić information content (AvgIpc) is 3.44. The molecule has 0 unspecified atom stereocenters. The molecule has 1 saturated carbocycles. The first-order valence-electron chi connectivity index (χ1n) is 11.1. The summed E-state index contributed by atoms with van der Waals surface area (Å²) >= 11 is 0. The monoisotopic (exact) mass is 425 g/mol. The molecule has 1 aliphatic heterocycles. The Morgan fingerprint density at radius 3 is 2.61 bits per heavy atom. The lowest BCUT2D eigenvalue weighted by atomic mass is 9.93. The Hall–Kier alpha value is -2.90. The highest BCUT2D eigenvalue weighted by atomic mass is 16.6. The molecule has 1 aromatic carbocycles. The van der Waals surface area contributed by atoms with Gasteiger partial charge in [0.15, 0.2) is 5.82 Å². The summed E-state index contributed by atoms with van der Waals surface area (Å²) in [6, 6.07) is 7.63. The van der Waals surface area contributed by atoms with Crippen molar-refractivity contribution >= 4 is 17.7 Å². The lowest BCUT2D eigenvalue weighted by molar-refractivity contribution is -0.117. The van der Waals surface area contributed by atoms with Crippen molar-refractivity contribution in [2.45, 2.75) is 64.4 Å². The van der Waals surface area contributed by atoms with Crippen LogP contribution >= 0.6 is 0 Å². The number of likely N-dealkylation sites (tertiary alicyclic amines) is 1. The van der Waals surface area contributed by atoms with E-state index in [-0.39, 0.29) is 17.9 Å². The minimum absolute atomic E-state index is 0.0125. The number of hydrogen-bond donors (Lipinski definition) is 2. The summed E-state index contributed by atoms with van der Waals surface area (Å²) in [6.45, 7) is 6.84. The molecule has 4 rings (SSSR count). The Morgan fingerprint density at radius 1 is 1.19 bits per heavy atom. The highest BCUT2D eigenvalue weighted by Gasteiger charge is 2.28. The summed E-state index contributed by atoms with van der Waals surface area (Å²) in [7, 11) is 0. The molecule has 2 N–H and O–H groups in total. The second kappa shape index (κ2) is 8.69. The summed E-state index contributed by atoms with van der Waals surface area (Å²) in [5.74, 6) is 2.37. The highest BCUT2D eigenvalue weighted by molar-refractivity contribution is 5.91. The van der Waals surface area contributed by atoms with Crippen LogP contribution in [0.5, 0.6) is 0 Å². The van der Waals surface area contributed by atoms with E-state index in [0.717, 1.165) is 29.9 Å². The van der Waals surface area contributed by atoms with Crippen LogP contribution in [0.15, 0.2) is 24.3 Å². The number of nitrogens with one attached hydrogen (secondary N) is 2. The topological polar surface area (TPSA) is 100 Å². The van der Waals surface area contributed by atoms with E-state index in [4.69, 9.17) is 4.74 Å². The number of carbonyl (C=O) groups excluding carboxylic acids is 2. The third kappa shape index (κ3) is 5.83. The maximum Gasteiger partial charge on any atom is 0.410 e. The molecule has 31 heavy (non-hydrogen) atoms. The molecule has 1 saturated heterocycles. The smallest absolute Gasteiger partial charge is 0.410 e. The van der Waals surface area contributed by atoms with Crippen LogP contribution in [0.4, 0.5) is 10.5 Å². The number of nitrogens with zero attached hydrogens (tertiary/aromatic N) is 3. The van der Waals surface area contributed by atoms with Crippen molar-refractivity contribution in [2.75, 3.05) is 18.4 Å². The molecule has 2 amide bonds. The summed E-state index contributed by atoms with van der Waals surface area (Å²) in [5, 5.41) is 10.3. The van der Waals surface area contributed by atoms with E-state index in [1.807, 2.05) is 45.0 Å². The van der Waals surface area contributed by atoms with E-state index in [1.165, 1.54) is 12.8 Å². The van der Waals surface area contributed by atoms with Gasteiger partial charge >= 0.3 is 6.09 Å². The third-order valence-corrected chi connectivity index (χ3v) is 5.61. The highest BCUT2D eigenvalue weighted by Crippen LogP contribution is 2.38. The van der Waals surface area contributed by atoms with Gasteiger partial charge < -0.3 is 15.0 Å². The Kier molecular flexibility index (Phi) is 5.98. The van der Waals surface area contributed by atoms with Crippen LogP contribution in [-0.4, -0.2) is 50.8 Å². The van der Waals surface area contributed by atoms with E-state index < -0.39 is 5.60 Å². The molecule has 0 spiro atoms. The number of H-pyrrole nitrogens is 1. The van der Waals surface area contributed by atoms with Crippen LogP contribution in [0.3, 0.4) is 0 Å². The SMILES string of the molecule is CC(C)(C)OC(=O)N1CCC(CC(=O)Nc2cccc(-c3n[nH]c(C4CC4)n3)c2)CC1. The molecule has 2 heterocycles. The van der Waals surface area contributed by atoms with Crippen LogP contribution in [0.1, 0.15) is 64.6 Å². The number of amides is 2. The Labute approximate surface area is 182 Å². The lowest BCUT2D eigenvalue weighted by Crippen LogP contribution is -2.42. The maximum absolute atomic E-state index is 12.6. The lowest BCUT2D eigenvalue weighted by Gasteiger charge is -2.33. The zero-order valence-electron chi connectivity index (χ0n) is 18.5. The van der Waals surface area contributed by atoms with Gasteiger partial charge in [-0.1, -0.05) is 12.1 Å². The van der Waals surface area contributed by atoms with Crippen molar-refractivity contribution in [3.63, 3.8) is 0 Å². The standard InChI is InChI=1S/C23H31N5O3/c1-23(2,3)31-22(30)28-11-9-15(10-12-28)13-19(29)24-18-6-4-5-17(14-18)21-25-20(26-27-21)16-7-8-16/h4-6,14-16H,7-13H2,1-3H3,(H,24,29)(H,25,26,27). The second-order valence-corrected chi connectivity index (χ2v) is 9.56. The number of piperidine rings is 1. The molecule has 1 aliphatic carbocycles. The van der Waals surface area contributed by atoms with Gasteiger partial charge in [-0.05, 0) is 64.5 Å². The van der Waals surface area contributed by atoms with E-state index in [9.17, 15) is 9.59 Å². The normalized spacial score (nSPS) is 17.5. The summed E-state index contributed by atoms with van der Waals surface area (Å²) in [4.78, 5) is 31.1. The number of ether oxygens (including phenoxy) is 1. The fourth-order valence-electron chi connectivity index (χ4n) is 3.80. The van der Waals surface area contributed by atoms with Gasteiger partial charge in [-0.3, -0.25) is 9.89 Å². The first-order chi connectivity index (χ1) is 14.8. The molecule has 8 heteroatoms. The quantitative estimate of drug-likeness (QED) is 0.743. The molecular formula is C23H31N5O3. The molecule has 0 radical (unpaired) electrons. The van der Waals surface area contributed by atoms with E-state index in [0.29, 0.717) is 31.3 Å². The van der Waals surface area contributed by atoms with Gasteiger partial charge in [0, 0.05) is 36.7 Å². The van der Waals surface area contributed by atoms with Crippen LogP contribution in [0, 0.1) is 5.92 Å². The Morgan fingerprint density at radius 2 is 1.94 bits per heavy atom. The molecule has 166 valence electrons. The van der Waals surface area contributed by atoms with Crippen molar-refractivity contribution in [1.82, 2.24) is 20.1 Å². The fourth-order valence-corrected chi connectivity index (χ4v) is 3.80. The first-order valence-corrected chi connectivity index (χ1v) is 11.1. The molecular weight excluding hydrogens is 394 g/mol. The van der Waals surface area contributed by atoms with Crippen LogP contribution < -0.4 is 5.32 Å². The van der Waals surface area contributed by atoms with Crippen LogP contribution in [-0.2, 0) is 9.53 Å². The van der Waals surface area contributed by atoms with Crippen LogP contribution in [0.2, 0.25) is 0 Å². The maximum atomic E-state index is 12.6. The van der Waals surface area contributed by atoms with Crippen molar-refractivity contribution in [1.29, 1.82) is 0 Å². The van der Waals surface area contributed by atoms with Crippen molar-refractivity contribution < 1.29 is 14.3 Å². The minimum atomic E-state index is -0.493. The molecule has 0 atom stereocenters. The predicted molar refractivity (Wildman–Crippen MR) is 118 cm³/mol. The number of rotatable bonds is 5. The van der Waals surface area contributed by atoms with Crippen LogP contribution in [0.25, 0.3) is 11.4 Å². The number of aromatic nitrogens is 3. The predicted octanol–water partition coefficient (Wildman–Crippen LogP) is 4.32. The van der Waals surface area contributed by atoms with Gasteiger partial charge in [0.05, 0.1) is 0 Å². The zero-order chi connectivity index (χ0) is 22.0. The summed E-state index contributed by atoms with van der Waals surface area (Å²) in [6.07, 6.45) is 4.10. The Balaban J connectivity index is 1.27. The van der Waals surface area contributed by atoms with Crippen molar-refractivity contribution in [2.24, 2.45) is 5.92 Å². The average molecular weight is 426 g/mol. The van der Waals surface area contributed by atoms with E-state index in [2.05, 4.69) is 20.5 Å². The van der Waals surface area contributed by atoms with Gasteiger partial charge in [-0.15, -0.1) is 0 Å². The largest absolute Gasteiger partial charge is 0.444 e. The molecule has 8 nitrogen and oxygen atoms in total. The first kappa shape index (κ1) is 21.3. The second-order valence-electron chi connectivity index (χ2n) is 9.56. The summed E-state index contributed by atoms with van der Waals surface area (Å²) < 4.78 is 5.43. The van der Waals surface area contributed by atoms with Gasteiger partial charge in [-0.2, -0.15) is 5.10 Å². The summed E-state index contributed by atoms with van der Waals surface area (Å²) in [5.41, 5.74) is 1.13. The van der Waals surface area contributed by atoms with Gasteiger partial charge in [0.1, 0.15) is 11.4 Å². The minimum Gasteiger partial charge on any atom is -0.444 e. The van der Waals surface area contributed by atoms with Crippen molar-refractivity contribution in [3.8, 4) is 11.4 Å². The Bertz CT molecular complexity index is 937. The zero-order valence-corrected chi connectivity index (χ0v) is 18.5. The van der Waals surface area contributed by atoms with E-state index >= 15 is 0 Å². The number of carbonyl (C=O) groups is 2. The molecule has 2 fully saturated rings. The van der Waals surface area contributed by atoms with Crippen molar-refractivity contribution in [3.05, 3.63) is 30.1 Å². The van der Waals surface area contributed by atoms with Gasteiger partial charge in [0.2, 0.25) is 5.91 Å². The number of hydrogen-bond acceptors (Lipinski definition) is 5. The molecule has 2 aromatic rings. The molecule has 1 aromatic heterocycles.